The first-order valence-electron chi connectivity index (χ1n) is 14.1. The standard InChI is InChI=1S/C36H30O6/c37-21-5-7-23-13-17-25(18-14-23)41-35-29-11-3-4-12-30(29)36(42-26-19-15-24(16-20-26)8-6-22-38)32-31(35)33(39)27-9-1-2-10-28(27)34(32)40/h1-4,9-20,37-38H,5-8,21-22H2. The maximum Gasteiger partial charge on any atom is 0.198 e. The van der Waals surface area contributed by atoms with Gasteiger partial charge in [-0.15, -0.1) is 0 Å². The molecule has 42 heavy (non-hydrogen) atoms. The number of carbonyl (C=O) groups excluding carboxylic acids is 2. The number of rotatable bonds is 10. The van der Waals surface area contributed by atoms with E-state index in [0.29, 0.717) is 57.7 Å². The molecule has 0 aliphatic heterocycles. The lowest BCUT2D eigenvalue weighted by molar-refractivity contribution is 0.0975. The Hall–Kier alpha value is -4.78. The van der Waals surface area contributed by atoms with Gasteiger partial charge < -0.3 is 19.7 Å². The normalized spacial score (nSPS) is 12.2. The smallest absolute Gasteiger partial charge is 0.198 e. The van der Waals surface area contributed by atoms with Crippen LogP contribution in [0.4, 0.5) is 0 Å². The highest BCUT2D eigenvalue weighted by atomic mass is 16.5. The summed E-state index contributed by atoms with van der Waals surface area (Å²) in [6.07, 6.45) is 2.82. The van der Waals surface area contributed by atoms with E-state index in [2.05, 4.69) is 0 Å². The fraction of sp³-hybridized carbons (Fsp3) is 0.167. The molecule has 0 bridgehead atoms. The number of aliphatic hydroxyl groups is 2. The fourth-order valence-corrected chi connectivity index (χ4v) is 5.42. The molecule has 0 unspecified atom stereocenters. The van der Waals surface area contributed by atoms with E-state index in [9.17, 15) is 9.59 Å². The second kappa shape index (κ2) is 12.0. The Morgan fingerprint density at radius 2 is 0.881 bits per heavy atom. The van der Waals surface area contributed by atoms with Gasteiger partial charge in [0.1, 0.15) is 23.0 Å². The molecule has 1 aliphatic rings. The number of carbonyl (C=O) groups is 2. The van der Waals surface area contributed by atoms with E-state index < -0.39 is 0 Å². The molecule has 0 spiro atoms. The molecule has 2 N–H and O–H groups in total. The summed E-state index contributed by atoms with van der Waals surface area (Å²) in [6.45, 7) is 0.243. The quantitative estimate of drug-likeness (QED) is 0.187. The Bertz CT molecular complexity index is 1640. The van der Waals surface area contributed by atoms with Crippen molar-refractivity contribution < 1.29 is 29.3 Å². The van der Waals surface area contributed by atoms with Crippen molar-refractivity contribution in [2.24, 2.45) is 0 Å². The zero-order valence-corrected chi connectivity index (χ0v) is 23.0. The van der Waals surface area contributed by atoms with Crippen LogP contribution < -0.4 is 9.47 Å². The number of aliphatic hydroxyl groups excluding tert-OH is 2. The Morgan fingerprint density at radius 3 is 1.26 bits per heavy atom. The minimum Gasteiger partial charge on any atom is -0.456 e. The van der Waals surface area contributed by atoms with Gasteiger partial charge in [0, 0.05) is 35.1 Å². The Kier molecular flexibility index (Phi) is 7.82. The largest absolute Gasteiger partial charge is 0.456 e. The summed E-state index contributed by atoms with van der Waals surface area (Å²) in [4.78, 5) is 28.2. The van der Waals surface area contributed by atoms with E-state index in [4.69, 9.17) is 19.7 Å². The molecule has 1 aliphatic carbocycles. The zero-order valence-electron chi connectivity index (χ0n) is 23.0. The summed E-state index contributed by atoms with van der Waals surface area (Å²) in [5, 5.41) is 19.6. The minimum absolute atomic E-state index is 0.121. The molecule has 5 aromatic rings. The molecule has 6 rings (SSSR count). The Labute approximate surface area is 243 Å². The van der Waals surface area contributed by atoms with Gasteiger partial charge in [-0.1, -0.05) is 72.8 Å². The number of aryl methyl sites for hydroxylation is 2. The van der Waals surface area contributed by atoms with Crippen molar-refractivity contribution in [3.63, 3.8) is 0 Å². The summed E-state index contributed by atoms with van der Waals surface area (Å²) in [5.74, 6) is 1.07. The highest BCUT2D eigenvalue weighted by molar-refractivity contribution is 6.32. The van der Waals surface area contributed by atoms with E-state index in [-0.39, 0.29) is 35.9 Å². The van der Waals surface area contributed by atoms with Crippen LogP contribution in [0.5, 0.6) is 23.0 Å². The molecule has 6 heteroatoms. The Balaban J connectivity index is 1.51. The van der Waals surface area contributed by atoms with Crippen LogP contribution in [0.25, 0.3) is 10.8 Å². The molecule has 0 atom stereocenters. The highest BCUT2D eigenvalue weighted by Crippen LogP contribution is 2.47. The molecule has 6 nitrogen and oxygen atoms in total. The van der Waals surface area contributed by atoms with Gasteiger partial charge in [0.25, 0.3) is 0 Å². The number of benzene rings is 5. The van der Waals surface area contributed by atoms with E-state index in [1.807, 2.05) is 72.8 Å². The highest BCUT2D eigenvalue weighted by Gasteiger charge is 2.37. The van der Waals surface area contributed by atoms with Gasteiger partial charge in [0.05, 0.1) is 11.1 Å². The van der Waals surface area contributed by atoms with Crippen molar-refractivity contribution in [2.45, 2.75) is 25.7 Å². The number of hydrogen-bond acceptors (Lipinski definition) is 6. The van der Waals surface area contributed by atoms with Crippen LogP contribution in [0.15, 0.2) is 97.1 Å². The van der Waals surface area contributed by atoms with Crippen LogP contribution in [0.1, 0.15) is 55.8 Å². The molecule has 0 heterocycles. The molecule has 0 aromatic heterocycles. The van der Waals surface area contributed by atoms with Crippen LogP contribution in [0.3, 0.4) is 0 Å². The summed E-state index contributed by atoms with van der Waals surface area (Å²) >= 11 is 0. The van der Waals surface area contributed by atoms with Gasteiger partial charge in [-0.05, 0) is 61.1 Å². The predicted octanol–water partition coefficient (Wildman–Crippen LogP) is 7.05. The van der Waals surface area contributed by atoms with Gasteiger partial charge >= 0.3 is 0 Å². The lowest BCUT2D eigenvalue weighted by Crippen LogP contribution is -2.22. The second-order valence-corrected chi connectivity index (χ2v) is 10.3. The maximum atomic E-state index is 14.1. The SMILES string of the molecule is O=C1c2ccccc2C(=O)c2c1c(Oc1ccc(CCCO)cc1)c1ccccc1c2Oc1ccc(CCCO)cc1. The first-order valence-corrected chi connectivity index (χ1v) is 14.1. The second-order valence-electron chi connectivity index (χ2n) is 10.3. The monoisotopic (exact) mass is 558 g/mol. The molecule has 210 valence electrons. The zero-order chi connectivity index (χ0) is 29.1. The lowest BCUT2D eigenvalue weighted by Gasteiger charge is -2.25. The number of hydrogen-bond donors (Lipinski definition) is 2. The number of fused-ring (bicyclic) bond motifs is 3. The van der Waals surface area contributed by atoms with Gasteiger partial charge in [0.2, 0.25) is 0 Å². The topological polar surface area (TPSA) is 93.1 Å². The maximum absolute atomic E-state index is 14.1. The average Bonchev–Trinajstić information content (AvgIpc) is 3.03. The molecule has 5 aromatic carbocycles. The summed E-state index contributed by atoms with van der Waals surface area (Å²) < 4.78 is 12.9. The van der Waals surface area contributed by atoms with Crippen molar-refractivity contribution in [1.82, 2.24) is 0 Å². The molecule has 0 fully saturated rings. The van der Waals surface area contributed by atoms with Crippen LogP contribution >= 0.6 is 0 Å². The van der Waals surface area contributed by atoms with Gasteiger partial charge in [0.15, 0.2) is 11.6 Å². The van der Waals surface area contributed by atoms with Crippen LogP contribution in [-0.2, 0) is 12.8 Å². The van der Waals surface area contributed by atoms with Gasteiger partial charge in [-0.25, -0.2) is 0 Å². The molecule has 0 radical (unpaired) electrons. The van der Waals surface area contributed by atoms with E-state index in [1.165, 1.54) is 0 Å². The van der Waals surface area contributed by atoms with Crippen LogP contribution in [0, 0.1) is 0 Å². The van der Waals surface area contributed by atoms with Crippen LogP contribution in [-0.4, -0.2) is 35.0 Å². The summed E-state index contributed by atoms with van der Waals surface area (Å²) in [6, 6.07) is 29.4. The first-order chi connectivity index (χ1) is 20.6. The minimum atomic E-state index is -0.301. The van der Waals surface area contributed by atoms with Crippen molar-refractivity contribution in [1.29, 1.82) is 0 Å². The van der Waals surface area contributed by atoms with Crippen molar-refractivity contribution in [2.75, 3.05) is 13.2 Å². The number of ether oxygens (including phenoxy) is 2. The van der Waals surface area contributed by atoms with Gasteiger partial charge in [-0.2, -0.15) is 0 Å². The third-order valence-corrected chi connectivity index (χ3v) is 7.52. The summed E-state index contributed by atoms with van der Waals surface area (Å²) in [7, 11) is 0. The van der Waals surface area contributed by atoms with E-state index in [0.717, 1.165) is 24.0 Å². The third-order valence-electron chi connectivity index (χ3n) is 7.52. The lowest BCUT2D eigenvalue weighted by atomic mass is 9.81. The third kappa shape index (κ3) is 5.18. The molecule has 0 saturated carbocycles. The van der Waals surface area contributed by atoms with Crippen molar-refractivity contribution >= 4 is 22.3 Å². The Morgan fingerprint density at radius 1 is 0.500 bits per heavy atom. The van der Waals surface area contributed by atoms with E-state index in [1.54, 1.807) is 24.3 Å². The van der Waals surface area contributed by atoms with Crippen molar-refractivity contribution in [3.8, 4) is 23.0 Å². The fourth-order valence-electron chi connectivity index (χ4n) is 5.42. The predicted molar refractivity (Wildman–Crippen MR) is 161 cm³/mol. The summed E-state index contributed by atoms with van der Waals surface area (Å²) in [5.41, 5.74) is 3.14. The van der Waals surface area contributed by atoms with E-state index >= 15 is 0 Å². The molecule has 0 saturated heterocycles. The van der Waals surface area contributed by atoms with Crippen LogP contribution in [0.2, 0.25) is 0 Å². The molecule has 0 amide bonds. The van der Waals surface area contributed by atoms with Crippen molar-refractivity contribution in [3.05, 3.63) is 130 Å². The average molecular weight is 559 g/mol. The molecular formula is C36H30O6. The van der Waals surface area contributed by atoms with Gasteiger partial charge in [-0.3, -0.25) is 9.59 Å². The number of ketones is 2. The molecular weight excluding hydrogens is 528 g/mol. The first kappa shape index (κ1) is 27.4.